The van der Waals surface area contributed by atoms with Gasteiger partial charge in [-0.05, 0) is 57.0 Å². The average Bonchev–Trinajstić information content (AvgIpc) is 2.82. The highest BCUT2D eigenvalue weighted by Crippen LogP contribution is 2.25. The van der Waals surface area contributed by atoms with Crippen molar-refractivity contribution in [1.29, 1.82) is 0 Å². The Balaban J connectivity index is 2.00. The summed E-state index contributed by atoms with van der Waals surface area (Å²) in [6, 6.07) is 11.3. The lowest BCUT2D eigenvalue weighted by Crippen LogP contribution is -2.17. The van der Waals surface area contributed by atoms with Gasteiger partial charge in [0.1, 0.15) is 0 Å². The number of H-pyrrole nitrogens is 1. The van der Waals surface area contributed by atoms with Crippen molar-refractivity contribution in [1.82, 2.24) is 14.8 Å². The van der Waals surface area contributed by atoms with E-state index < -0.39 is 0 Å². The second kappa shape index (κ2) is 6.64. The van der Waals surface area contributed by atoms with E-state index in [1.165, 1.54) is 10.9 Å². The molecule has 23 heavy (non-hydrogen) atoms. The van der Waals surface area contributed by atoms with Crippen LogP contribution in [0.3, 0.4) is 0 Å². The molecule has 0 atom stereocenters. The molecule has 0 spiro atoms. The quantitative estimate of drug-likeness (QED) is 0.628. The topological polar surface area (TPSA) is 63.0 Å². The van der Waals surface area contributed by atoms with Gasteiger partial charge in [0.05, 0.1) is 15.7 Å². The van der Waals surface area contributed by atoms with E-state index in [9.17, 15) is 4.79 Å². The fourth-order valence-corrected chi connectivity index (χ4v) is 3.19. The molecule has 2 heterocycles. The molecule has 0 saturated carbocycles. The third-order valence-corrected chi connectivity index (χ3v) is 4.25. The minimum absolute atomic E-state index is 0.148. The van der Waals surface area contributed by atoms with E-state index in [0.717, 1.165) is 20.3 Å². The molecule has 0 radical (unpaired) electrons. The summed E-state index contributed by atoms with van der Waals surface area (Å²) in [6.45, 7) is 1.84. The number of nitrogens with zero attached hydrogens (tertiary/aromatic N) is 3. The molecule has 0 unspecified atom stereocenters. The summed E-state index contributed by atoms with van der Waals surface area (Å²) in [6.07, 6.45) is 3.19. The number of aliphatic imine (C=N–C) groups is 1. The van der Waals surface area contributed by atoms with E-state index in [1.54, 1.807) is 6.20 Å². The van der Waals surface area contributed by atoms with Crippen LogP contribution in [-0.4, -0.2) is 21.0 Å². The number of aromatic nitrogens is 3. The normalized spacial score (nSPS) is 11.3. The predicted octanol–water partition coefficient (Wildman–Crippen LogP) is 4.14. The smallest absolute Gasteiger partial charge is 0.280 e. The summed E-state index contributed by atoms with van der Waals surface area (Å²) < 4.78 is 3.10. The Hall–Kier alpha value is -1.99. The molecular formula is C16H12Br2N4O. The highest BCUT2D eigenvalue weighted by molar-refractivity contribution is 9.11. The standard InChI is InChI=1S/C16H12Br2N4O/c1-10-13(9-20-15-14(18)7-11(17)8-19-15)16(23)22(21-10)12-5-3-2-4-6-12/h2-9,21H,1H3. The van der Waals surface area contributed by atoms with E-state index >= 15 is 0 Å². The summed E-state index contributed by atoms with van der Waals surface area (Å²) in [5, 5.41) is 3.06. The third-order valence-electron chi connectivity index (χ3n) is 3.24. The Kier molecular flexibility index (Phi) is 4.58. The zero-order valence-corrected chi connectivity index (χ0v) is 15.3. The van der Waals surface area contributed by atoms with Gasteiger partial charge in [-0.25, -0.2) is 14.7 Å². The number of benzene rings is 1. The van der Waals surface area contributed by atoms with Gasteiger partial charge in [-0.15, -0.1) is 0 Å². The van der Waals surface area contributed by atoms with Gasteiger partial charge in [0, 0.05) is 22.6 Å². The maximum atomic E-state index is 12.6. The number of hydrogen-bond donors (Lipinski definition) is 1. The summed E-state index contributed by atoms with van der Waals surface area (Å²) >= 11 is 6.74. The first-order valence-electron chi connectivity index (χ1n) is 6.78. The number of pyridine rings is 1. The zero-order chi connectivity index (χ0) is 16.4. The Labute approximate surface area is 149 Å². The minimum atomic E-state index is -0.148. The molecule has 0 aliphatic carbocycles. The van der Waals surface area contributed by atoms with Crippen LogP contribution in [0.4, 0.5) is 5.82 Å². The highest BCUT2D eigenvalue weighted by atomic mass is 79.9. The molecule has 0 aliphatic rings. The molecule has 0 bridgehead atoms. The molecule has 0 amide bonds. The SMILES string of the molecule is Cc1[nH]n(-c2ccccc2)c(=O)c1C=Nc1ncc(Br)cc1Br. The zero-order valence-electron chi connectivity index (χ0n) is 12.1. The second-order valence-corrected chi connectivity index (χ2v) is 6.61. The summed E-state index contributed by atoms with van der Waals surface area (Å²) in [4.78, 5) is 21.1. The number of hydrogen-bond acceptors (Lipinski definition) is 3. The molecule has 0 fully saturated rings. The lowest BCUT2D eigenvalue weighted by molar-refractivity contribution is 0.835. The van der Waals surface area contributed by atoms with Gasteiger partial charge in [-0.3, -0.25) is 9.89 Å². The van der Waals surface area contributed by atoms with Crippen LogP contribution < -0.4 is 5.56 Å². The summed E-state index contributed by atoms with van der Waals surface area (Å²) in [7, 11) is 0. The van der Waals surface area contributed by atoms with Gasteiger partial charge < -0.3 is 0 Å². The van der Waals surface area contributed by atoms with Crippen LogP contribution in [0.15, 0.2) is 61.3 Å². The molecule has 116 valence electrons. The molecule has 5 nitrogen and oxygen atoms in total. The lowest BCUT2D eigenvalue weighted by Gasteiger charge is -1.99. The van der Waals surface area contributed by atoms with Crippen molar-refractivity contribution in [2.24, 2.45) is 4.99 Å². The predicted molar refractivity (Wildman–Crippen MR) is 98.0 cm³/mol. The Morgan fingerprint density at radius 2 is 2.00 bits per heavy atom. The van der Waals surface area contributed by atoms with Crippen LogP contribution >= 0.6 is 31.9 Å². The van der Waals surface area contributed by atoms with Crippen LogP contribution in [0.25, 0.3) is 5.69 Å². The van der Waals surface area contributed by atoms with Crippen LogP contribution in [0, 0.1) is 6.92 Å². The van der Waals surface area contributed by atoms with Gasteiger partial charge in [-0.1, -0.05) is 18.2 Å². The molecule has 0 saturated heterocycles. The van der Waals surface area contributed by atoms with E-state index in [0.29, 0.717) is 11.4 Å². The average molecular weight is 436 g/mol. The Morgan fingerprint density at radius 3 is 2.70 bits per heavy atom. The van der Waals surface area contributed by atoms with E-state index in [2.05, 4.69) is 46.9 Å². The van der Waals surface area contributed by atoms with Crippen molar-refractivity contribution in [2.75, 3.05) is 0 Å². The van der Waals surface area contributed by atoms with Crippen molar-refractivity contribution in [2.45, 2.75) is 6.92 Å². The maximum Gasteiger partial charge on any atom is 0.280 e. The lowest BCUT2D eigenvalue weighted by atomic mass is 10.3. The summed E-state index contributed by atoms with van der Waals surface area (Å²) in [5.41, 5.74) is 1.88. The molecule has 7 heteroatoms. The van der Waals surface area contributed by atoms with Crippen molar-refractivity contribution < 1.29 is 0 Å². The molecule has 1 aromatic carbocycles. The van der Waals surface area contributed by atoms with E-state index in [4.69, 9.17) is 0 Å². The largest absolute Gasteiger partial charge is 0.295 e. The van der Waals surface area contributed by atoms with Crippen LogP contribution in [-0.2, 0) is 0 Å². The number of rotatable bonds is 3. The monoisotopic (exact) mass is 434 g/mol. The molecule has 2 aromatic heterocycles. The van der Waals surface area contributed by atoms with E-state index in [1.807, 2.05) is 43.3 Å². The van der Waals surface area contributed by atoms with Gasteiger partial charge in [0.2, 0.25) is 0 Å². The van der Waals surface area contributed by atoms with Crippen molar-refractivity contribution in [3.63, 3.8) is 0 Å². The van der Waals surface area contributed by atoms with Crippen molar-refractivity contribution in [3.05, 3.63) is 73.2 Å². The third kappa shape index (κ3) is 3.35. The number of para-hydroxylation sites is 1. The minimum Gasteiger partial charge on any atom is -0.295 e. The van der Waals surface area contributed by atoms with Gasteiger partial charge in [0.15, 0.2) is 5.82 Å². The van der Waals surface area contributed by atoms with E-state index in [-0.39, 0.29) is 5.56 Å². The number of aryl methyl sites for hydroxylation is 1. The van der Waals surface area contributed by atoms with Crippen LogP contribution in [0.1, 0.15) is 11.3 Å². The first kappa shape index (κ1) is 15.9. The highest BCUT2D eigenvalue weighted by Gasteiger charge is 2.10. The summed E-state index contributed by atoms with van der Waals surface area (Å²) in [5.74, 6) is 0.513. The molecule has 3 aromatic rings. The number of halogens is 2. The molecule has 1 N–H and O–H groups in total. The fraction of sp³-hybridized carbons (Fsp3) is 0.0625. The fourth-order valence-electron chi connectivity index (χ4n) is 2.10. The first-order chi connectivity index (χ1) is 11.1. The van der Waals surface area contributed by atoms with Gasteiger partial charge >= 0.3 is 0 Å². The maximum absolute atomic E-state index is 12.6. The Bertz CT molecular complexity index is 929. The number of nitrogens with one attached hydrogen (secondary N) is 1. The van der Waals surface area contributed by atoms with Crippen LogP contribution in [0.2, 0.25) is 0 Å². The van der Waals surface area contributed by atoms with Crippen molar-refractivity contribution >= 4 is 43.9 Å². The second-order valence-electron chi connectivity index (χ2n) is 4.84. The first-order valence-corrected chi connectivity index (χ1v) is 8.37. The number of aromatic amines is 1. The Morgan fingerprint density at radius 1 is 1.26 bits per heavy atom. The van der Waals surface area contributed by atoms with Gasteiger partial charge in [0.25, 0.3) is 5.56 Å². The van der Waals surface area contributed by atoms with Crippen LogP contribution in [0.5, 0.6) is 0 Å². The molecule has 0 aliphatic heterocycles. The molecular weight excluding hydrogens is 424 g/mol. The van der Waals surface area contributed by atoms with Gasteiger partial charge in [-0.2, -0.15) is 0 Å². The molecule has 3 rings (SSSR count). The van der Waals surface area contributed by atoms with Crippen molar-refractivity contribution in [3.8, 4) is 5.69 Å².